The van der Waals surface area contributed by atoms with Crippen LogP contribution in [-0.2, 0) is 20.1 Å². The highest BCUT2D eigenvalue weighted by atomic mass is 19.1. The number of nitrogens with one attached hydrogen (secondary N) is 2. The molecule has 0 spiro atoms. The molecule has 3 aromatic rings. The first kappa shape index (κ1) is 19.6. The van der Waals surface area contributed by atoms with Gasteiger partial charge in [-0.15, -0.1) is 0 Å². The lowest BCUT2D eigenvalue weighted by atomic mass is 10.2. The SMILES string of the molecule is CCNC(=NCc1ccc(-n2ccnc2)c(F)c1)NCc1c(C)nn(C)c1C. The number of hydrogen-bond acceptors (Lipinski definition) is 3. The topological polar surface area (TPSA) is 72.1 Å². The molecule has 2 aromatic heterocycles. The van der Waals surface area contributed by atoms with Crippen LogP contribution in [0.1, 0.15) is 29.4 Å². The summed E-state index contributed by atoms with van der Waals surface area (Å²) < 4.78 is 17.9. The summed E-state index contributed by atoms with van der Waals surface area (Å²) in [7, 11) is 1.94. The lowest BCUT2D eigenvalue weighted by Crippen LogP contribution is -2.37. The maximum absolute atomic E-state index is 14.4. The average Bonchev–Trinajstić information content (AvgIpc) is 3.27. The molecule has 2 heterocycles. The van der Waals surface area contributed by atoms with Crippen molar-refractivity contribution in [1.29, 1.82) is 0 Å². The Bertz CT molecular complexity index is 957. The summed E-state index contributed by atoms with van der Waals surface area (Å²) in [4.78, 5) is 8.53. The van der Waals surface area contributed by atoms with Gasteiger partial charge >= 0.3 is 0 Å². The number of guanidine groups is 1. The van der Waals surface area contributed by atoms with Crippen LogP contribution < -0.4 is 10.6 Å². The van der Waals surface area contributed by atoms with Crippen molar-refractivity contribution in [2.45, 2.75) is 33.9 Å². The van der Waals surface area contributed by atoms with Gasteiger partial charge in [-0.2, -0.15) is 5.10 Å². The fraction of sp³-hybridized carbons (Fsp3) is 0.350. The molecule has 8 heteroatoms. The highest BCUT2D eigenvalue weighted by Crippen LogP contribution is 2.16. The van der Waals surface area contributed by atoms with E-state index in [4.69, 9.17) is 0 Å². The standard InChI is InChI=1S/C20H26FN7/c1-5-23-20(25-12-17-14(2)26-27(4)15(17)3)24-11-16-6-7-19(18(21)10-16)28-9-8-22-13-28/h6-10,13H,5,11-12H2,1-4H3,(H2,23,24,25). The number of benzene rings is 1. The quantitative estimate of drug-likeness (QED) is 0.507. The van der Waals surface area contributed by atoms with Crippen molar-refractivity contribution in [2.24, 2.45) is 12.0 Å². The normalized spacial score (nSPS) is 11.7. The molecule has 0 saturated carbocycles. The zero-order chi connectivity index (χ0) is 20.1. The van der Waals surface area contributed by atoms with Gasteiger partial charge in [0.1, 0.15) is 5.82 Å². The Morgan fingerprint density at radius 1 is 1.25 bits per heavy atom. The molecule has 0 aliphatic carbocycles. The predicted molar refractivity (Wildman–Crippen MR) is 108 cm³/mol. The van der Waals surface area contributed by atoms with Crippen LogP contribution in [0.2, 0.25) is 0 Å². The number of hydrogen-bond donors (Lipinski definition) is 2. The van der Waals surface area contributed by atoms with Gasteiger partial charge in [-0.05, 0) is 38.5 Å². The van der Waals surface area contributed by atoms with Crippen LogP contribution >= 0.6 is 0 Å². The highest BCUT2D eigenvalue weighted by Gasteiger charge is 2.10. The molecule has 3 rings (SSSR count). The predicted octanol–water partition coefficient (Wildman–Crippen LogP) is 2.62. The van der Waals surface area contributed by atoms with Crippen LogP contribution in [0, 0.1) is 19.7 Å². The summed E-state index contributed by atoms with van der Waals surface area (Å²) in [6.07, 6.45) is 4.91. The third-order valence-corrected chi connectivity index (χ3v) is 4.65. The van der Waals surface area contributed by atoms with Gasteiger partial charge in [-0.3, -0.25) is 4.68 Å². The molecule has 0 fully saturated rings. The van der Waals surface area contributed by atoms with E-state index in [1.54, 1.807) is 29.4 Å². The maximum atomic E-state index is 14.4. The minimum atomic E-state index is -0.301. The Morgan fingerprint density at radius 2 is 2.07 bits per heavy atom. The minimum absolute atomic E-state index is 0.301. The van der Waals surface area contributed by atoms with E-state index in [-0.39, 0.29) is 5.82 Å². The van der Waals surface area contributed by atoms with Crippen molar-refractivity contribution >= 4 is 5.96 Å². The van der Waals surface area contributed by atoms with Gasteiger partial charge in [-0.25, -0.2) is 14.4 Å². The molecule has 0 aliphatic heterocycles. The molecular weight excluding hydrogens is 357 g/mol. The molecule has 0 unspecified atom stereocenters. The summed E-state index contributed by atoms with van der Waals surface area (Å²) >= 11 is 0. The van der Waals surface area contributed by atoms with Crippen molar-refractivity contribution in [3.63, 3.8) is 0 Å². The number of aliphatic imine (C=N–C) groups is 1. The van der Waals surface area contributed by atoms with E-state index in [0.29, 0.717) is 24.7 Å². The number of nitrogens with zero attached hydrogens (tertiary/aromatic N) is 5. The summed E-state index contributed by atoms with van der Waals surface area (Å²) in [5, 5.41) is 11.0. The van der Waals surface area contributed by atoms with E-state index in [9.17, 15) is 4.39 Å². The molecule has 0 aliphatic rings. The molecular formula is C20H26FN7. The first-order valence-corrected chi connectivity index (χ1v) is 9.27. The molecule has 2 N–H and O–H groups in total. The van der Waals surface area contributed by atoms with E-state index in [1.807, 2.05) is 38.6 Å². The van der Waals surface area contributed by atoms with Crippen LogP contribution in [0.5, 0.6) is 0 Å². The van der Waals surface area contributed by atoms with E-state index >= 15 is 0 Å². The smallest absolute Gasteiger partial charge is 0.191 e. The Morgan fingerprint density at radius 3 is 2.68 bits per heavy atom. The van der Waals surface area contributed by atoms with Crippen molar-refractivity contribution in [3.05, 3.63) is 65.3 Å². The Labute approximate surface area is 164 Å². The largest absolute Gasteiger partial charge is 0.357 e. The van der Waals surface area contributed by atoms with Gasteiger partial charge in [0.15, 0.2) is 5.96 Å². The van der Waals surface area contributed by atoms with Gasteiger partial charge < -0.3 is 15.2 Å². The van der Waals surface area contributed by atoms with Crippen molar-refractivity contribution in [2.75, 3.05) is 6.54 Å². The number of halogens is 1. The van der Waals surface area contributed by atoms with Gasteiger partial charge in [0.05, 0.1) is 24.3 Å². The van der Waals surface area contributed by atoms with Crippen LogP contribution in [0.3, 0.4) is 0 Å². The van der Waals surface area contributed by atoms with Crippen LogP contribution in [-0.4, -0.2) is 31.8 Å². The van der Waals surface area contributed by atoms with Crippen LogP contribution in [0.25, 0.3) is 5.69 Å². The monoisotopic (exact) mass is 383 g/mol. The van der Waals surface area contributed by atoms with E-state index < -0.39 is 0 Å². The first-order chi connectivity index (χ1) is 13.5. The van der Waals surface area contributed by atoms with E-state index in [0.717, 1.165) is 29.1 Å². The molecule has 28 heavy (non-hydrogen) atoms. The lowest BCUT2D eigenvalue weighted by Gasteiger charge is -2.12. The fourth-order valence-electron chi connectivity index (χ4n) is 3.02. The maximum Gasteiger partial charge on any atom is 0.191 e. The lowest BCUT2D eigenvalue weighted by molar-refractivity contribution is 0.615. The summed E-state index contributed by atoms with van der Waals surface area (Å²) in [6.45, 7) is 7.80. The van der Waals surface area contributed by atoms with E-state index in [2.05, 4.69) is 25.7 Å². The summed E-state index contributed by atoms with van der Waals surface area (Å²) in [5.74, 6) is 0.384. The van der Waals surface area contributed by atoms with Crippen LogP contribution in [0.4, 0.5) is 4.39 Å². The van der Waals surface area contributed by atoms with Crippen molar-refractivity contribution < 1.29 is 4.39 Å². The van der Waals surface area contributed by atoms with Gasteiger partial charge in [0, 0.05) is 43.8 Å². The van der Waals surface area contributed by atoms with E-state index in [1.165, 1.54) is 6.07 Å². The van der Waals surface area contributed by atoms with Gasteiger partial charge in [-0.1, -0.05) is 6.07 Å². The summed E-state index contributed by atoms with van der Waals surface area (Å²) in [5.41, 5.74) is 4.55. The number of imidazole rings is 1. The minimum Gasteiger partial charge on any atom is -0.357 e. The third-order valence-electron chi connectivity index (χ3n) is 4.65. The zero-order valence-corrected chi connectivity index (χ0v) is 16.7. The molecule has 1 aromatic carbocycles. The molecule has 148 valence electrons. The Kier molecular flexibility index (Phi) is 6.08. The van der Waals surface area contributed by atoms with Gasteiger partial charge in [0.25, 0.3) is 0 Å². The van der Waals surface area contributed by atoms with Gasteiger partial charge in [0.2, 0.25) is 0 Å². The molecule has 0 amide bonds. The number of aromatic nitrogens is 4. The van der Waals surface area contributed by atoms with Crippen molar-refractivity contribution in [3.8, 4) is 5.69 Å². The average molecular weight is 383 g/mol. The fourth-order valence-corrected chi connectivity index (χ4v) is 3.02. The summed E-state index contributed by atoms with van der Waals surface area (Å²) in [6, 6.07) is 5.13. The second-order valence-electron chi connectivity index (χ2n) is 6.58. The molecule has 0 atom stereocenters. The van der Waals surface area contributed by atoms with Crippen molar-refractivity contribution in [1.82, 2.24) is 30.0 Å². The number of rotatable bonds is 6. The first-order valence-electron chi connectivity index (χ1n) is 9.27. The molecule has 0 saturated heterocycles. The Balaban J connectivity index is 1.69. The molecule has 0 radical (unpaired) electrons. The highest BCUT2D eigenvalue weighted by molar-refractivity contribution is 5.79. The Hall–Kier alpha value is -3.16. The third kappa shape index (κ3) is 4.39. The second-order valence-corrected chi connectivity index (χ2v) is 6.58. The zero-order valence-electron chi connectivity index (χ0n) is 16.7. The number of aryl methyl sites for hydroxylation is 2. The van der Waals surface area contributed by atoms with Crippen LogP contribution in [0.15, 0.2) is 41.9 Å². The second kappa shape index (κ2) is 8.69. The molecule has 0 bridgehead atoms. The molecule has 7 nitrogen and oxygen atoms in total.